The number of aromatic hydroxyl groups is 1. The molecule has 6 nitrogen and oxygen atoms in total. The molecule has 3 N–H and O–H groups in total. The molecular formula is C22H31N3O3. The van der Waals surface area contributed by atoms with Crippen LogP contribution in [0.5, 0.6) is 11.5 Å². The highest BCUT2D eigenvalue weighted by atomic mass is 16.5. The average Bonchev–Trinajstić information content (AvgIpc) is 2.72. The number of hydrogen-bond donors (Lipinski definition) is 3. The van der Waals surface area contributed by atoms with Crippen LogP contribution in [0.1, 0.15) is 25.0 Å². The number of hydrogen-bond acceptors (Lipinski definition) is 4. The van der Waals surface area contributed by atoms with Crippen molar-refractivity contribution in [3.63, 3.8) is 0 Å². The molecule has 0 radical (unpaired) electrons. The van der Waals surface area contributed by atoms with Gasteiger partial charge in [-0.05, 0) is 36.6 Å². The molecule has 1 atom stereocenters. The van der Waals surface area contributed by atoms with Crippen LogP contribution in [0.3, 0.4) is 0 Å². The van der Waals surface area contributed by atoms with Crippen LogP contribution in [0.25, 0.3) is 0 Å². The molecule has 152 valence electrons. The Labute approximate surface area is 167 Å². The van der Waals surface area contributed by atoms with Gasteiger partial charge in [-0.1, -0.05) is 37.3 Å². The number of benzene rings is 2. The minimum atomic E-state index is 0.211. The van der Waals surface area contributed by atoms with E-state index < -0.39 is 0 Å². The number of phenols is 1. The third kappa shape index (κ3) is 7.48. The SMILES string of the molecule is CCNC(=NCc1cc(OC)ccc1O)NCC(C)COCc1ccccc1. The maximum atomic E-state index is 10.0. The van der Waals surface area contributed by atoms with Gasteiger partial charge in [-0.2, -0.15) is 0 Å². The highest BCUT2D eigenvalue weighted by molar-refractivity contribution is 5.79. The van der Waals surface area contributed by atoms with Crippen molar-refractivity contribution in [3.05, 3.63) is 59.7 Å². The molecule has 0 fully saturated rings. The van der Waals surface area contributed by atoms with Crippen LogP contribution in [0.4, 0.5) is 0 Å². The summed E-state index contributed by atoms with van der Waals surface area (Å²) in [6.07, 6.45) is 0. The van der Waals surface area contributed by atoms with E-state index in [4.69, 9.17) is 9.47 Å². The van der Waals surface area contributed by atoms with Gasteiger partial charge in [0.05, 0.1) is 26.9 Å². The van der Waals surface area contributed by atoms with E-state index in [1.807, 2.05) is 25.1 Å². The smallest absolute Gasteiger partial charge is 0.191 e. The summed E-state index contributed by atoms with van der Waals surface area (Å²) in [5.74, 6) is 1.95. The Kier molecular flexibility index (Phi) is 9.15. The van der Waals surface area contributed by atoms with Gasteiger partial charge < -0.3 is 25.2 Å². The van der Waals surface area contributed by atoms with Gasteiger partial charge in [0.1, 0.15) is 11.5 Å². The summed E-state index contributed by atoms with van der Waals surface area (Å²) in [7, 11) is 1.60. The molecule has 28 heavy (non-hydrogen) atoms. The summed E-state index contributed by atoms with van der Waals surface area (Å²) in [6.45, 7) is 7.30. The number of guanidine groups is 1. The Hall–Kier alpha value is -2.73. The van der Waals surface area contributed by atoms with Gasteiger partial charge in [-0.15, -0.1) is 0 Å². The van der Waals surface area contributed by atoms with E-state index >= 15 is 0 Å². The third-order valence-corrected chi connectivity index (χ3v) is 4.17. The summed E-state index contributed by atoms with van der Waals surface area (Å²) in [6, 6.07) is 15.3. The van der Waals surface area contributed by atoms with Crippen molar-refractivity contribution in [2.24, 2.45) is 10.9 Å². The molecule has 0 bridgehead atoms. The molecule has 0 aliphatic rings. The number of nitrogens with one attached hydrogen (secondary N) is 2. The Morgan fingerprint density at radius 1 is 1.14 bits per heavy atom. The number of rotatable bonds is 10. The molecule has 0 heterocycles. The second kappa shape index (κ2) is 11.9. The van der Waals surface area contributed by atoms with Gasteiger partial charge in [-0.25, -0.2) is 4.99 Å². The first-order valence-corrected chi connectivity index (χ1v) is 9.62. The van der Waals surface area contributed by atoms with E-state index in [0.29, 0.717) is 37.4 Å². The summed E-state index contributed by atoms with van der Waals surface area (Å²) in [4.78, 5) is 4.56. The number of methoxy groups -OCH3 is 1. The summed E-state index contributed by atoms with van der Waals surface area (Å²) in [5, 5.41) is 16.6. The van der Waals surface area contributed by atoms with Crippen molar-refractivity contribution in [1.29, 1.82) is 0 Å². The largest absolute Gasteiger partial charge is 0.508 e. The first kappa shape index (κ1) is 21.6. The second-order valence-electron chi connectivity index (χ2n) is 6.68. The molecule has 1 unspecified atom stereocenters. The Balaban J connectivity index is 1.81. The molecule has 0 aliphatic carbocycles. The monoisotopic (exact) mass is 385 g/mol. The molecule has 2 aromatic rings. The van der Waals surface area contributed by atoms with Gasteiger partial charge in [0, 0.05) is 18.7 Å². The Bertz CT molecular complexity index is 735. The molecule has 0 aromatic heterocycles. The lowest BCUT2D eigenvalue weighted by Crippen LogP contribution is -2.40. The van der Waals surface area contributed by atoms with Gasteiger partial charge >= 0.3 is 0 Å². The Morgan fingerprint density at radius 2 is 1.93 bits per heavy atom. The first-order valence-electron chi connectivity index (χ1n) is 9.62. The predicted octanol–water partition coefficient (Wildman–Crippen LogP) is 3.31. The maximum Gasteiger partial charge on any atom is 0.191 e. The van der Waals surface area contributed by atoms with E-state index in [1.165, 1.54) is 5.56 Å². The van der Waals surface area contributed by atoms with Crippen molar-refractivity contribution in [2.45, 2.75) is 27.0 Å². The van der Waals surface area contributed by atoms with E-state index in [1.54, 1.807) is 25.3 Å². The van der Waals surface area contributed by atoms with E-state index in [9.17, 15) is 5.11 Å². The summed E-state index contributed by atoms with van der Waals surface area (Å²) >= 11 is 0. The average molecular weight is 386 g/mol. The van der Waals surface area contributed by atoms with E-state index in [-0.39, 0.29) is 5.75 Å². The van der Waals surface area contributed by atoms with Crippen LogP contribution in [-0.4, -0.2) is 37.9 Å². The van der Waals surface area contributed by atoms with Crippen molar-refractivity contribution in [3.8, 4) is 11.5 Å². The summed E-state index contributed by atoms with van der Waals surface area (Å²) in [5.41, 5.74) is 1.89. The lowest BCUT2D eigenvalue weighted by molar-refractivity contribution is 0.0931. The molecule has 0 amide bonds. The fourth-order valence-electron chi connectivity index (χ4n) is 2.60. The number of nitrogens with zero attached hydrogens (tertiary/aromatic N) is 1. The van der Waals surface area contributed by atoms with Crippen LogP contribution in [0.2, 0.25) is 0 Å². The molecule has 0 saturated heterocycles. The molecule has 0 saturated carbocycles. The molecular weight excluding hydrogens is 354 g/mol. The minimum Gasteiger partial charge on any atom is -0.508 e. The quantitative estimate of drug-likeness (QED) is 0.432. The number of aliphatic imine (C=N–C) groups is 1. The second-order valence-corrected chi connectivity index (χ2v) is 6.68. The van der Waals surface area contributed by atoms with Crippen LogP contribution >= 0.6 is 0 Å². The lowest BCUT2D eigenvalue weighted by Gasteiger charge is -2.16. The van der Waals surface area contributed by atoms with Crippen LogP contribution in [-0.2, 0) is 17.9 Å². The fourth-order valence-corrected chi connectivity index (χ4v) is 2.60. The normalized spacial score (nSPS) is 12.5. The molecule has 0 spiro atoms. The van der Waals surface area contributed by atoms with Gasteiger partial charge in [0.15, 0.2) is 5.96 Å². The van der Waals surface area contributed by atoms with Crippen LogP contribution < -0.4 is 15.4 Å². The molecule has 0 aliphatic heterocycles. The van der Waals surface area contributed by atoms with Crippen molar-refractivity contribution >= 4 is 5.96 Å². The fraction of sp³-hybridized carbons (Fsp3) is 0.409. The number of phenolic OH excluding ortho intramolecular Hbond substituents is 1. The topological polar surface area (TPSA) is 75.1 Å². The van der Waals surface area contributed by atoms with E-state index in [0.717, 1.165) is 18.7 Å². The molecule has 6 heteroatoms. The zero-order valence-corrected chi connectivity index (χ0v) is 16.9. The van der Waals surface area contributed by atoms with Crippen LogP contribution in [0, 0.1) is 5.92 Å². The molecule has 2 aromatic carbocycles. The zero-order chi connectivity index (χ0) is 20.2. The number of ether oxygens (including phenoxy) is 2. The first-order chi connectivity index (χ1) is 13.6. The maximum absolute atomic E-state index is 10.0. The standard InChI is InChI=1S/C22H31N3O3/c1-4-23-22(25-14-19-12-20(27-3)10-11-21(19)26)24-13-17(2)15-28-16-18-8-6-5-7-9-18/h5-12,17,26H,4,13-16H2,1-3H3,(H2,23,24,25). The highest BCUT2D eigenvalue weighted by Gasteiger charge is 2.07. The third-order valence-electron chi connectivity index (χ3n) is 4.17. The van der Waals surface area contributed by atoms with Crippen LogP contribution in [0.15, 0.2) is 53.5 Å². The van der Waals surface area contributed by atoms with Gasteiger partial charge in [-0.3, -0.25) is 0 Å². The van der Waals surface area contributed by atoms with Crippen molar-refractivity contribution in [2.75, 3.05) is 26.8 Å². The lowest BCUT2D eigenvalue weighted by atomic mass is 10.2. The predicted molar refractivity (Wildman–Crippen MR) is 113 cm³/mol. The Morgan fingerprint density at radius 3 is 2.64 bits per heavy atom. The summed E-state index contributed by atoms with van der Waals surface area (Å²) < 4.78 is 11.0. The highest BCUT2D eigenvalue weighted by Crippen LogP contribution is 2.23. The zero-order valence-electron chi connectivity index (χ0n) is 16.9. The minimum absolute atomic E-state index is 0.211. The van der Waals surface area contributed by atoms with Gasteiger partial charge in [0.25, 0.3) is 0 Å². The van der Waals surface area contributed by atoms with Crippen molar-refractivity contribution < 1.29 is 14.6 Å². The molecule has 2 rings (SSSR count). The van der Waals surface area contributed by atoms with Crippen molar-refractivity contribution in [1.82, 2.24) is 10.6 Å². The van der Waals surface area contributed by atoms with Gasteiger partial charge in [0.2, 0.25) is 0 Å². The van der Waals surface area contributed by atoms with E-state index in [2.05, 4.69) is 34.7 Å².